The molecule has 1 aliphatic rings. The van der Waals surface area contributed by atoms with Gasteiger partial charge in [-0.15, -0.1) is 0 Å². The van der Waals surface area contributed by atoms with Gasteiger partial charge in [0.15, 0.2) is 0 Å². The number of rotatable bonds is 6. The molecule has 112 valence electrons. The maximum absolute atomic E-state index is 9.74. The molecule has 4 heteroatoms. The van der Waals surface area contributed by atoms with Crippen LogP contribution in [0.3, 0.4) is 0 Å². The third kappa shape index (κ3) is 4.20. The molecule has 4 nitrogen and oxygen atoms in total. The second-order valence-electron chi connectivity index (χ2n) is 5.26. The fraction of sp³-hybridized carbons (Fsp3) is 0.625. The van der Waals surface area contributed by atoms with Crippen LogP contribution in [0.5, 0.6) is 5.75 Å². The number of hydrogen-bond acceptors (Lipinski definition) is 4. The summed E-state index contributed by atoms with van der Waals surface area (Å²) in [7, 11) is 0. The number of nitrogens with one attached hydrogen (secondary N) is 1. The summed E-state index contributed by atoms with van der Waals surface area (Å²) in [6, 6.07) is 8.25. The molecular weight excluding hydrogens is 252 g/mol. The SMILES string of the molecule is CCCOc1ccc(C(CO)N2CCCNCC2)cc1. The molecule has 0 amide bonds. The van der Waals surface area contributed by atoms with Crippen LogP contribution in [0, 0.1) is 0 Å². The van der Waals surface area contributed by atoms with E-state index in [-0.39, 0.29) is 12.6 Å². The summed E-state index contributed by atoms with van der Waals surface area (Å²) >= 11 is 0. The van der Waals surface area contributed by atoms with E-state index in [1.165, 1.54) is 5.56 Å². The van der Waals surface area contributed by atoms with Crippen molar-refractivity contribution in [1.29, 1.82) is 0 Å². The number of aliphatic hydroxyl groups excluding tert-OH is 1. The zero-order valence-corrected chi connectivity index (χ0v) is 12.3. The third-order valence-corrected chi connectivity index (χ3v) is 3.73. The van der Waals surface area contributed by atoms with Gasteiger partial charge in [-0.2, -0.15) is 0 Å². The molecule has 0 bridgehead atoms. The maximum Gasteiger partial charge on any atom is 0.119 e. The van der Waals surface area contributed by atoms with E-state index in [0.29, 0.717) is 0 Å². The molecule has 1 heterocycles. The quantitative estimate of drug-likeness (QED) is 0.833. The van der Waals surface area contributed by atoms with Crippen molar-refractivity contribution < 1.29 is 9.84 Å². The second-order valence-corrected chi connectivity index (χ2v) is 5.26. The molecule has 20 heavy (non-hydrogen) atoms. The van der Waals surface area contributed by atoms with Gasteiger partial charge < -0.3 is 15.2 Å². The number of nitrogens with zero attached hydrogens (tertiary/aromatic N) is 1. The molecule has 0 radical (unpaired) electrons. The first-order valence-electron chi connectivity index (χ1n) is 7.63. The molecule has 1 atom stereocenters. The molecule has 0 spiro atoms. The van der Waals surface area contributed by atoms with E-state index in [0.717, 1.165) is 51.4 Å². The summed E-state index contributed by atoms with van der Waals surface area (Å²) in [5, 5.41) is 13.1. The minimum atomic E-state index is 0.0927. The lowest BCUT2D eigenvalue weighted by Gasteiger charge is -2.29. The maximum atomic E-state index is 9.74. The summed E-state index contributed by atoms with van der Waals surface area (Å²) in [6.07, 6.45) is 2.15. The minimum absolute atomic E-state index is 0.0927. The molecule has 2 N–H and O–H groups in total. The monoisotopic (exact) mass is 278 g/mol. The second kappa shape index (κ2) is 8.25. The van der Waals surface area contributed by atoms with Crippen molar-refractivity contribution in [3.63, 3.8) is 0 Å². The molecule has 1 aromatic rings. The smallest absolute Gasteiger partial charge is 0.119 e. The Kier molecular flexibility index (Phi) is 6.30. The molecule has 2 rings (SSSR count). The van der Waals surface area contributed by atoms with Crippen LogP contribution in [-0.2, 0) is 0 Å². The molecule has 1 aromatic carbocycles. The van der Waals surface area contributed by atoms with Crippen LogP contribution in [0.4, 0.5) is 0 Å². The van der Waals surface area contributed by atoms with E-state index >= 15 is 0 Å². The lowest BCUT2D eigenvalue weighted by atomic mass is 10.1. The van der Waals surface area contributed by atoms with Gasteiger partial charge in [-0.25, -0.2) is 0 Å². The predicted octanol–water partition coefficient (Wildman–Crippen LogP) is 1.80. The van der Waals surface area contributed by atoms with E-state index < -0.39 is 0 Å². The summed E-state index contributed by atoms with van der Waals surface area (Å²) < 4.78 is 5.60. The Balaban J connectivity index is 2.02. The van der Waals surface area contributed by atoms with E-state index in [9.17, 15) is 5.11 Å². The highest BCUT2D eigenvalue weighted by Crippen LogP contribution is 2.23. The van der Waals surface area contributed by atoms with Gasteiger partial charge in [0.25, 0.3) is 0 Å². The zero-order chi connectivity index (χ0) is 14.2. The Bertz CT molecular complexity index is 373. The zero-order valence-electron chi connectivity index (χ0n) is 12.3. The Labute approximate surface area is 121 Å². The topological polar surface area (TPSA) is 44.7 Å². The summed E-state index contributed by atoms with van der Waals surface area (Å²) in [4.78, 5) is 2.36. The van der Waals surface area contributed by atoms with Gasteiger partial charge in [-0.1, -0.05) is 19.1 Å². The highest BCUT2D eigenvalue weighted by atomic mass is 16.5. The van der Waals surface area contributed by atoms with Gasteiger partial charge in [0.05, 0.1) is 19.3 Å². The molecule has 1 unspecified atom stereocenters. The van der Waals surface area contributed by atoms with Crippen molar-refractivity contribution in [2.75, 3.05) is 39.4 Å². The highest BCUT2D eigenvalue weighted by molar-refractivity contribution is 5.29. The molecule has 1 saturated heterocycles. The van der Waals surface area contributed by atoms with Crippen LogP contribution in [0.25, 0.3) is 0 Å². The van der Waals surface area contributed by atoms with Crippen molar-refractivity contribution in [3.8, 4) is 5.75 Å². The number of hydrogen-bond donors (Lipinski definition) is 2. The number of benzene rings is 1. The predicted molar refractivity (Wildman–Crippen MR) is 81.1 cm³/mol. The summed E-state index contributed by atoms with van der Waals surface area (Å²) in [5.74, 6) is 0.907. The molecule has 1 fully saturated rings. The van der Waals surface area contributed by atoms with Crippen LogP contribution < -0.4 is 10.1 Å². The molecule has 0 saturated carbocycles. The van der Waals surface area contributed by atoms with Crippen molar-refractivity contribution in [1.82, 2.24) is 10.2 Å². The molecule has 0 aromatic heterocycles. The lowest BCUT2D eigenvalue weighted by Crippen LogP contribution is -2.34. The first-order chi connectivity index (χ1) is 9.85. The van der Waals surface area contributed by atoms with E-state index in [1.807, 2.05) is 12.1 Å². The molecular formula is C16H26N2O2. The van der Waals surface area contributed by atoms with Crippen LogP contribution >= 0.6 is 0 Å². The highest BCUT2D eigenvalue weighted by Gasteiger charge is 2.20. The van der Waals surface area contributed by atoms with Crippen LogP contribution in [0.1, 0.15) is 31.4 Å². The van der Waals surface area contributed by atoms with Gasteiger partial charge in [-0.05, 0) is 37.1 Å². The standard InChI is InChI=1S/C16H26N2O2/c1-2-12-20-15-6-4-14(5-7-15)16(13-19)18-10-3-8-17-9-11-18/h4-7,16-17,19H,2-3,8-13H2,1H3. The Morgan fingerprint density at radius 3 is 2.75 bits per heavy atom. The van der Waals surface area contributed by atoms with Crippen molar-refractivity contribution in [2.45, 2.75) is 25.8 Å². The van der Waals surface area contributed by atoms with Gasteiger partial charge >= 0.3 is 0 Å². The minimum Gasteiger partial charge on any atom is -0.494 e. The van der Waals surface area contributed by atoms with Gasteiger partial charge in [0.2, 0.25) is 0 Å². The van der Waals surface area contributed by atoms with E-state index in [4.69, 9.17) is 4.74 Å². The average molecular weight is 278 g/mol. The lowest BCUT2D eigenvalue weighted by molar-refractivity contribution is 0.129. The largest absolute Gasteiger partial charge is 0.494 e. The third-order valence-electron chi connectivity index (χ3n) is 3.73. The normalized spacial score (nSPS) is 18.5. The van der Waals surface area contributed by atoms with Crippen LogP contribution in [0.2, 0.25) is 0 Å². The molecule has 1 aliphatic heterocycles. The fourth-order valence-corrected chi connectivity index (χ4v) is 2.62. The number of ether oxygens (including phenoxy) is 1. The Morgan fingerprint density at radius 1 is 1.25 bits per heavy atom. The Hall–Kier alpha value is -1.10. The van der Waals surface area contributed by atoms with Crippen molar-refractivity contribution >= 4 is 0 Å². The van der Waals surface area contributed by atoms with E-state index in [1.54, 1.807) is 0 Å². The average Bonchev–Trinajstić information content (AvgIpc) is 2.76. The van der Waals surface area contributed by atoms with Crippen LogP contribution in [-0.4, -0.2) is 49.4 Å². The molecule has 0 aliphatic carbocycles. The number of aliphatic hydroxyl groups is 1. The summed E-state index contributed by atoms with van der Waals surface area (Å²) in [6.45, 7) is 7.09. The van der Waals surface area contributed by atoms with E-state index in [2.05, 4.69) is 29.3 Å². The van der Waals surface area contributed by atoms with Crippen molar-refractivity contribution in [2.24, 2.45) is 0 Å². The first-order valence-corrected chi connectivity index (χ1v) is 7.63. The van der Waals surface area contributed by atoms with Crippen molar-refractivity contribution in [3.05, 3.63) is 29.8 Å². The Morgan fingerprint density at radius 2 is 2.05 bits per heavy atom. The van der Waals surface area contributed by atoms with Gasteiger partial charge in [0.1, 0.15) is 5.75 Å². The fourth-order valence-electron chi connectivity index (χ4n) is 2.62. The van der Waals surface area contributed by atoms with Crippen LogP contribution in [0.15, 0.2) is 24.3 Å². The summed E-state index contributed by atoms with van der Waals surface area (Å²) in [5.41, 5.74) is 1.17. The first kappa shape index (κ1) is 15.3. The van der Waals surface area contributed by atoms with Gasteiger partial charge in [-0.3, -0.25) is 4.90 Å². The van der Waals surface area contributed by atoms with Gasteiger partial charge in [0, 0.05) is 19.6 Å².